The highest BCUT2D eigenvalue weighted by Gasteiger charge is 2.36. The molecule has 5 heteroatoms. The van der Waals surface area contributed by atoms with Crippen LogP contribution in [0.2, 0.25) is 0 Å². The smallest absolute Gasteiger partial charge is 0.225 e. The van der Waals surface area contributed by atoms with Gasteiger partial charge in [0.1, 0.15) is 0 Å². The summed E-state index contributed by atoms with van der Waals surface area (Å²) in [5, 5.41) is 10.9. The molecule has 2 atom stereocenters. The van der Waals surface area contributed by atoms with Crippen LogP contribution in [0.4, 0.5) is 0 Å². The topological polar surface area (TPSA) is 59.0 Å². The average molecular weight is 304 g/mol. The number of nitrogens with zero attached hydrogens (tertiary/aromatic N) is 2. The van der Waals surface area contributed by atoms with Gasteiger partial charge >= 0.3 is 0 Å². The van der Waals surface area contributed by atoms with Crippen molar-refractivity contribution >= 4 is 5.91 Å². The molecule has 1 aliphatic carbocycles. The lowest BCUT2D eigenvalue weighted by Crippen LogP contribution is -2.43. The highest BCUT2D eigenvalue weighted by molar-refractivity contribution is 5.80. The normalized spacial score (nSPS) is 28.7. The van der Waals surface area contributed by atoms with Crippen molar-refractivity contribution < 1.29 is 4.79 Å². The van der Waals surface area contributed by atoms with E-state index >= 15 is 0 Å². The molecule has 0 bridgehead atoms. The zero-order chi connectivity index (χ0) is 15.7. The Balaban J connectivity index is 1.60. The van der Waals surface area contributed by atoms with Gasteiger partial charge in [-0.2, -0.15) is 5.10 Å². The first kappa shape index (κ1) is 15.5. The van der Waals surface area contributed by atoms with Crippen molar-refractivity contribution in [2.24, 2.45) is 18.4 Å². The molecular formula is C17H28N4O. The summed E-state index contributed by atoms with van der Waals surface area (Å²) in [5.74, 6) is 0.483. The minimum Gasteiger partial charge on any atom is -0.353 e. The van der Waals surface area contributed by atoms with Gasteiger partial charge in [-0.1, -0.05) is 13.8 Å². The number of nitrogens with one attached hydrogen (secondary N) is 2. The fourth-order valence-corrected chi connectivity index (χ4v) is 3.79. The maximum absolute atomic E-state index is 12.7. The van der Waals surface area contributed by atoms with E-state index < -0.39 is 0 Å². The van der Waals surface area contributed by atoms with Gasteiger partial charge < -0.3 is 10.6 Å². The second kappa shape index (κ2) is 6.03. The number of carbonyl (C=O) groups is 1. The van der Waals surface area contributed by atoms with Gasteiger partial charge in [-0.3, -0.25) is 9.48 Å². The van der Waals surface area contributed by atoms with E-state index in [4.69, 9.17) is 0 Å². The monoisotopic (exact) mass is 304 g/mol. The highest BCUT2D eigenvalue weighted by atomic mass is 16.2. The molecule has 1 aromatic heterocycles. The van der Waals surface area contributed by atoms with Crippen LogP contribution in [0, 0.1) is 11.3 Å². The molecule has 2 N–H and O–H groups in total. The van der Waals surface area contributed by atoms with E-state index in [2.05, 4.69) is 29.6 Å². The number of aryl methyl sites for hydroxylation is 1. The summed E-state index contributed by atoms with van der Waals surface area (Å²) in [6.45, 7) is 6.28. The van der Waals surface area contributed by atoms with Crippen molar-refractivity contribution in [1.29, 1.82) is 0 Å². The third-order valence-corrected chi connectivity index (χ3v) is 5.39. The van der Waals surface area contributed by atoms with E-state index in [9.17, 15) is 4.79 Å². The minimum absolute atomic E-state index is 0.0270. The van der Waals surface area contributed by atoms with Crippen LogP contribution in [0.25, 0.3) is 0 Å². The highest BCUT2D eigenvalue weighted by Crippen LogP contribution is 2.35. The van der Waals surface area contributed by atoms with Crippen LogP contribution >= 0.6 is 0 Å². The molecule has 2 aliphatic rings. The molecule has 0 aromatic carbocycles. The first-order valence-corrected chi connectivity index (χ1v) is 8.44. The molecule has 1 saturated heterocycles. The van der Waals surface area contributed by atoms with Gasteiger partial charge in [0.15, 0.2) is 0 Å². The SMILES string of the molecule is Cn1cc([C@H]2CNC[C@@H]2C(=O)NC2CCC(C)(C)CC2)cn1. The maximum atomic E-state index is 12.7. The van der Waals surface area contributed by atoms with Crippen LogP contribution in [-0.4, -0.2) is 34.8 Å². The molecule has 0 radical (unpaired) electrons. The summed E-state index contributed by atoms with van der Waals surface area (Å²) in [6, 6.07) is 0.357. The number of hydrogen-bond donors (Lipinski definition) is 2. The molecule has 2 heterocycles. The molecule has 1 aromatic rings. The lowest BCUT2D eigenvalue weighted by Gasteiger charge is -2.35. The molecule has 0 unspecified atom stereocenters. The zero-order valence-electron chi connectivity index (χ0n) is 13.9. The number of hydrogen-bond acceptors (Lipinski definition) is 3. The fraction of sp³-hybridized carbons (Fsp3) is 0.765. The Bertz CT molecular complexity index is 527. The van der Waals surface area contributed by atoms with Crippen LogP contribution in [0.5, 0.6) is 0 Å². The number of rotatable bonds is 3. The second-order valence-corrected chi connectivity index (χ2v) is 7.77. The largest absolute Gasteiger partial charge is 0.353 e. The summed E-state index contributed by atoms with van der Waals surface area (Å²) in [6.07, 6.45) is 8.54. The molecule has 2 fully saturated rings. The van der Waals surface area contributed by atoms with E-state index in [0.29, 0.717) is 11.5 Å². The van der Waals surface area contributed by atoms with Gasteiger partial charge in [-0.15, -0.1) is 0 Å². The second-order valence-electron chi connectivity index (χ2n) is 7.77. The van der Waals surface area contributed by atoms with Crippen molar-refractivity contribution in [3.63, 3.8) is 0 Å². The number of carbonyl (C=O) groups excluding carboxylic acids is 1. The van der Waals surface area contributed by atoms with E-state index in [1.165, 1.54) is 12.8 Å². The Kier molecular flexibility index (Phi) is 4.26. The maximum Gasteiger partial charge on any atom is 0.225 e. The number of aromatic nitrogens is 2. The third-order valence-electron chi connectivity index (χ3n) is 5.39. The Morgan fingerprint density at radius 3 is 2.73 bits per heavy atom. The predicted molar refractivity (Wildman–Crippen MR) is 86.5 cm³/mol. The van der Waals surface area contributed by atoms with Crippen LogP contribution in [0.1, 0.15) is 51.0 Å². The standard InChI is InChI=1S/C17H28N4O/c1-17(2)6-4-13(5-7-17)20-16(22)15-10-18-9-14(15)12-8-19-21(3)11-12/h8,11,13-15,18H,4-7,9-10H2,1-3H3,(H,20,22)/t14-,15+/m1/s1. The van der Waals surface area contributed by atoms with Gasteiger partial charge in [0, 0.05) is 38.3 Å². The van der Waals surface area contributed by atoms with E-state index in [-0.39, 0.29) is 17.7 Å². The van der Waals surface area contributed by atoms with Gasteiger partial charge in [-0.25, -0.2) is 0 Å². The molecule has 1 amide bonds. The Hall–Kier alpha value is -1.36. The van der Waals surface area contributed by atoms with E-state index in [1.807, 2.05) is 24.1 Å². The quantitative estimate of drug-likeness (QED) is 0.895. The Labute approximate surface area is 132 Å². The first-order chi connectivity index (χ1) is 10.4. The van der Waals surface area contributed by atoms with Crippen LogP contribution in [0.3, 0.4) is 0 Å². The lowest BCUT2D eigenvalue weighted by molar-refractivity contribution is -0.125. The summed E-state index contributed by atoms with van der Waals surface area (Å²) in [5.41, 5.74) is 1.60. The molecular weight excluding hydrogens is 276 g/mol. The predicted octanol–water partition coefficient (Wildman–Crippen LogP) is 1.81. The summed E-state index contributed by atoms with van der Waals surface area (Å²) >= 11 is 0. The third kappa shape index (κ3) is 3.35. The number of amides is 1. The molecule has 122 valence electrons. The molecule has 3 rings (SSSR count). The van der Waals surface area contributed by atoms with Crippen LogP contribution in [0.15, 0.2) is 12.4 Å². The van der Waals surface area contributed by atoms with Crippen molar-refractivity contribution in [2.75, 3.05) is 13.1 Å². The first-order valence-electron chi connectivity index (χ1n) is 8.44. The van der Waals surface area contributed by atoms with E-state index in [0.717, 1.165) is 31.5 Å². The summed E-state index contributed by atoms with van der Waals surface area (Å²) < 4.78 is 1.81. The van der Waals surface area contributed by atoms with Crippen LogP contribution in [-0.2, 0) is 11.8 Å². The van der Waals surface area contributed by atoms with Crippen LogP contribution < -0.4 is 10.6 Å². The fourth-order valence-electron chi connectivity index (χ4n) is 3.79. The minimum atomic E-state index is 0.0270. The summed E-state index contributed by atoms with van der Waals surface area (Å²) in [7, 11) is 1.92. The molecule has 0 spiro atoms. The van der Waals surface area contributed by atoms with Gasteiger partial charge in [0.05, 0.1) is 12.1 Å². The Morgan fingerprint density at radius 1 is 1.36 bits per heavy atom. The van der Waals surface area contributed by atoms with Crippen molar-refractivity contribution in [3.8, 4) is 0 Å². The summed E-state index contributed by atoms with van der Waals surface area (Å²) in [4.78, 5) is 12.7. The van der Waals surface area contributed by atoms with Crippen molar-refractivity contribution in [2.45, 2.75) is 51.5 Å². The van der Waals surface area contributed by atoms with E-state index in [1.54, 1.807) is 0 Å². The van der Waals surface area contributed by atoms with Crippen molar-refractivity contribution in [3.05, 3.63) is 18.0 Å². The molecule has 1 saturated carbocycles. The molecule has 5 nitrogen and oxygen atoms in total. The van der Waals surface area contributed by atoms with Gasteiger partial charge in [0.2, 0.25) is 5.91 Å². The molecule has 1 aliphatic heterocycles. The lowest BCUT2D eigenvalue weighted by atomic mass is 9.75. The molecule has 22 heavy (non-hydrogen) atoms. The van der Waals surface area contributed by atoms with Gasteiger partial charge in [0.25, 0.3) is 0 Å². The zero-order valence-corrected chi connectivity index (χ0v) is 13.9. The Morgan fingerprint density at radius 2 is 2.09 bits per heavy atom. The average Bonchev–Trinajstić information content (AvgIpc) is 3.09. The van der Waals surface area contributed by atoms with Gasteiger partial charge in [-0.05, 0) is 36.7 Å². The van der Waals surface area contributed by atoms with Crippen molar-refractivity contribution in [1.82, 2.24) is 20.4 Å².